The molecule has 1 fully saturated rings. The summed E-state index contributed by atoms with van der Waals surface area (Å²) in [6.45, 7) is 9.20. The summed E-state index contributed by atoms with van der Waals surface area (Å²) in [5.74, 6) is -1.31. The van der Waals surface area contributed by atoms with E-state index in [4.69, 9.17) is 9.47 Å². The molecule has 3 rings (SSSR count). The van der Waals surface area contributed by atoms with Crippen molar-refractivity contribution >= 4 is 5.97 Å². The van der Waals surface area contributed by atoms with Crippen molar-refractivity contribution < 1.29 is 39.8 Å². The second-order valence-corrected chi connectivity index (χ2v) is 10.1. The van der Waals surface area contributed by atoms with Crippen molar-refractivity contribution in [2.24, 2.45) is 0 Å². The molecule has 0 aliphatic carbocycles. The van der Waals surface area contributed by atoms with Gasteiger partial charge in [0.05, 0.1) is 6.61 Å². The van der Waals surface area contributed by atoms with Crippen molar-refractivity contribution in [3.8, 4) is 5.75 Å². The Labute approximate surface area is 217 Å². The monoisotopic (exact) mass is 517 g/mol. The fourth-order valence-corrected chi connectivity index (χ4v) is 4.93. The van der Waals surface area contributed by atoms with Gasteiger partial charge in [-0.1, -0.05) is 36.4 Å². The van der Waals surface area contributed by atoms with E-state index in [0.29, 0.717) is 23.4 Å². The van der Waals surface area contributed by atoms with Crippen LogP contribution in [0.3, 0.4) is 0 Å². The summed E-state index contributed by atoms with van der Waals surface area (Å²) in [6, 6.07) is 15.7. The summed E-state index contributed by atoms with van der Waals surface area (Å²) in [5, 5.41) is 50.0. The van der Waals surface area contributed by atoms with Crippen molar-refractivity contribution in [1.82, 2.24) is 4.90 Å². The van der Waals surface area contributed by atoms with E-state index in [1.54, 1.807) is 12.1 Å². The molecule has 204 valence electrons. The van der Waals surface area contributed by atoms with Crippen LogP contribution in [0.25, 0.3) is 0 Å². The third-order valence-corrected chi connectivity index (χ3v) is 6.89. The van der Waals surface area contributed by atoms with Gasteiger partial charge in [0.15, 0.2) is 6.10 Å². The van der Waals surface area contributed by atoms with E-state index in [1.165, 1.54) is 0 Å². The van der Waals surface area contributed by atoms with Crippen molar-refractivity contribution in [3.63, 3.8) is 0 Å². The Hall–Kier alpha value is -2.53. The topological polar surface area (TPSA) is 140 Å². The number of rotatable bonds is 11. The average Bonchev–Trinajstić information content (AvgIpc) is 2.87. The molecule has 0 spiro atoms. The SMILES string of the molecule is CC(C)N(CC[C@@H](c1ccccc1)c1cc(CO)ccc1O[C@@H]1OC(C(=O)O)[C@@H](O)C(O)C1O)C(C)C. The van der Waals surface area contributed by atoms with Gasteiger partial charge in [0.2, 0.25) is 6.29 Å². The van der Waals surface area contributed by atoms with Crippen LogP contribution in [0.4, 0.5) is 0 Å². The first-order chi connectivity index (χ1) is 17.5. The maximum atomic E-state index is 11.6. The lowest BCUT2D eigenvalue weighted by atomic mass is 9.86. The Morgan fingerprint density at radius 2 is 1.62 bits per heavy atom. The third-order valence-electron chi connectivity index (χ3n) is 6.89. The minimum atomic E-state index is -1.81. The number of carboxylic acid groups (broad SMARTS) is 1. The number of carboxylic acids is 1. The first-order valence-corrected chi connectivity index (χ1v) is 12.7. The zero-order chi connectivity index (χ0) is 27.3. The van der Waals surface area contributed by atoms with Gasteiger partial charge in [0.1, 0.15) is 24.1 Å². The second-order valence-electron chi connectivity index (χ2n) is 10.1. The largest absolute Gasteiger partial charge is 0.479 e. The zero-order valence-electron chi connectivity index (χ0n) is 21.8. The standard InChI is InChI=1S/C28H39NO8/c1-16(2)29(17(3)4)13-12-20(19-8-6-5-7-9-19)21-14-18(15-30)10-11-22(21)36-28-25(33)23(31)24(32)26(37-28)27(34)35/h5-11,14,16-17,20,23-26,28,30-33H,12-13,15H2,1-4H3,(H,34,35)/t20-,23?,24-,25?,26?,28+/m0/s1. The molecule has 0 radical (unpaired) electrons. The van der Waals surface area contributed by atoms with Gasteiger partial charge >= 0.3 is 5.97 Å². The normalized spacial score (nSPS) is 25.0. The second kappa shape index (κ2) is 12.8. The summed E-state index contributed by atoms with van der Waals surface area (Å²) in [6.07, 6.45) is -7.83. The van der Waals surface area contributed by atoms with Crippen LogP contribution in [0.15, 0.2) is 48.5 Å². The Morgan fingerprint density at radius 1 is 0.973 bits per heavy atom. The van der Waals surface area contributed by atoms with Crippen molar-refractivity contribution in [2.75, 3.05) is 6.54 Å². The van der Waals surface area contributed by atoms with Crippen LogP contribution in [-0.2, 0) is 16.1 Å². The van der Waals surface area contributed by atoms with Gasteiger partial charge in [-0.15, -0.1) is 0 Å². The first-order valence-electron chi connectivity index (χ1n) is 12.7. The predicted octanol–water partition coefficient (Wildman–Crippen LogP) is 2.09. The van der Waals surface area contributed by atoms with Crippen molar-refractivity contribution in [2.45, 2.75) is 89.4 Å². The molecular formula is C28H39NO8. The molecule has 0 amide bonds. The van der Waals surface area contributed by atoms with Crippen LogP contribution >= 0.6 is 0 Å². The van der Waals surface area contributed by atoms with Crippen molar-refractivity contribution in [1.29, 1.82) is 0 Å². The quantitative estimate of drug-likeness (QED) is 0.303. The number of aliphatic hydroxyl groups is 4. The molecule has 9 nitrogen and oxygen atoms in total. The summed E-state index contributed by atoms with van der Waals surface area (Å²) >= 11 is 0. The van der Waals surface area contributed by atoms with Crippen LogP contribution in [0, 0.1) is 0 Å². The molecule has 37 heavy (non-hydrogen) atoms. The fraction of sp³-hybridized carbons (Fsp3) is 0.536. The third kappa shape index (κ3) is 6.87. The van der Waals surface area contributed by atoms with Crippen LogP contribution in [0.2, 0.25) is 0 Å². The number of ether oxygens (including phenoxy) is 2. The number of hydrogen-bond acceptors (Lipinski definition) is 8. The number of hydrogen-bond donors (Lipinski definition) is 5. The predicted molar refractivity (Wildman–Crippen MR) is 137 cm³/mol. The molecule has 9 heteroatoms. The summed E-state index contributed by atoms with van der Waals surface area (Å²) in [7, 11) is 0. The number of carbonyl (C=O) groups is 1. The molecule has 0 bridgehead atoms. The Balaban J connectivity index is 2.01. The Kier molecular flexibility index (Phi) is 10.1. The highest BCUT2D eigenvalue weighted by molar-refractivity contribution is 5.73. The highest BCUT2D eigenvalue weighted by Crippen LogP contribution is 2.37. The van der Waals surface area contributed by atoms with Crippen LogP contribution in [0.5, 0.6) is 5.75 Å². The molecule has 2 aromatic carbocycles. The molecule has 0 aromatic heterocycles. The molecule has 2 aromatic rings. The number of benzene rings is 2. The van der Waals surface area contributed by atoms with Crippen LogP contribution in [-0.4, -0.2) is 85.7 Å². The Morgan fingerprint density at radius 3 is 2.19 bits per heavy atom. The lowest BCUT2D eigenvalue weighted by Gasteiger charge is -2.39. The molecular weight excluding hydrogens is 478 g/mol. The van der Waals surface area contributed by atoms with Crippen molar-refractivity contribution in [3.05, 3.63) is 65.2 Å². The van der Waals surface area contributed by atoms with E-state index in [-0.39, 0.29) is 12.5 Å². The van der Waals surface area contributed by atoms with Gasteiger partial charge in [-0.25, -0.2) is 4.79 Å². The van der Waals surface area contributed by atoms with Gasteiger partial charge in [-0.2, -0.15) is 0 Å². The van der Waals surface area contributed by atoms with Gasteiger partial charge in [0, 0.05) is 23.6 Å². The molecule has 1 aliphatic rings. The maximum absolute atomic E-state index is 11.6. The lowest BCUT2D eigenvalue weighted by molar-refractivity contribution is -0.271. The highest BCUT2D eigenvalue weighted by Gasteiger charge is 2.48. The number of aliphatic hydroxyl groups excluding tert-OH is 4. The van der Waals surface area contributed by atoms with Crippen LogP contribution in [0.1, 0.15) is 56.7 Å². The average molecular weight is 518 g/mol. The maximum Gasteiger partial charge on any atom is 0.335 e. The smallest absolute Gasteiger partial charge is 0.335 e. The van der Waals surface area contributed by atoms with E-state index >= 15 is 0 Å². The molecule has 0 saturated carbocycles. The number of nitrogens with zero attached hydrogens (tertiary/aromatic N) is 1. The minimum absolute atomic E-state index is 0.158. The number of aliphatic carboxylic acids is 1. The molecule has 1 saturated heterocycles. The highest BCUT2D eigenvalue weighted by atomic mass is 16.7. The van der Waals surface area contributed by atoms with E-state index in [2.05, 4.69) is 32.6 Å². The van der Waals surface area contributed by atoms with Gasteiger partial charge < -0.3 is 35.0 Å². The summed E-state index contributed by atoms with van der Waals surface area (Å²) in [5.41, 5.74) is 2.42. The molecule has 1 aliphatic heterocycles. The fourth-order valence-electron chi connectivity index (χ4n) is 4.93. The van der Waals surface area contributed by atoms with Gasteiger partial charge in [0.25, 0.3) is 0 Å². The van der Waals surface area contributed by atoms with Crippen LogP contribution < -0.4 is 4.74 Å². The summed E-state index contributed by atoms with van der Waals surface area (Å²) in [4.78, 5) is 13.9. The minimum Gasteiger partial charge on any atom is -0.479 e. The molecule has 6 atom stereocenters. The summed E-state index contributed by atoms with van der Waals surface area (Å²) < 4.78 is 11.4. The van der Waals surface area contributed by atoms with Gasteiger partial charge in [-0.05, 0) is 63.9 Å². The molecule has 1 heterocycles. The Bertz CT molecular complexity index is 1010. The van der Waals surface area contributed by atoms with E-state index < -0.39 is 36.7 Å². The van der Waals surface area contributed by atoms with E-state index in [9.17, 15) is 30.3 Å². The zero-order valence-corrected chi connectivity index (χ0v) is 21.8. The van der Waals surface area contributed by atoms with E-state index in [1.807, 2.05) is 36.4 Å². The first kappa shape index (κ1) is 29.0. The molecule has 3 unspecified atom stereocenters. The van der Waals surface area contributed by atoms with E-state index in [0.717, 1.165) is 24.1 Å². The molecule has 5 N–H and O–H groups in total. The van der Waals surface area contributed by atoms with Gasteiger partial charge in [-0.3, -0.25) is 4.90 Å². The lowest BCUT2D eigenvalue weighted by Crippen LogP contribution is -2.61.